The average molecular weight is 419 g/mol. The van der Waals surface area contributed by atoms with E-state index >= 15 is 0 Å². The molecule has 0 aromatic heterocycles. The van der Waals surface area contributed by atoms with Gasteiger partial charge in [-0.3, -0.25) is 0 Å². The van der Waals surface area contributed by atoms with Gasteiger partial charge in [-0.25, -0.2) is 0 Å². The van der Waals surface area contributed by atoms with Crippen LogP contribution in [0.1, 0.15) is 46.7 Å². The van der Waals surface area contributed by atoms with E-state index in [0.29, 0.717) is 23.7 Å². The van der Waals surface area contributed by atoms with E-state index in [0.717, 1.165) is 0 Å². The lowest BCUT2D eigenvalue weighted by Gasteiger charge is -2.46. The van der Waals surface area contributed by atoms with Crippen LogP contribution >= 0.6 is 0 Å². The molecule has 3 aromatic carbocycles. The van der Waals surface area contributed by atoms with Crippen LogP contribution in [-0.2, 0) is 5.41 Å². The topological polar surface area (TPSA) is 0 Å². The fourth-order valence-corrected chi connectivity index (χ4v) is 6.71. The summed E-state index contributed by atoms with van der Waals surface area (Å²) in [4.78, 5) is 0. The number of hydrogen-bond donors (Lipinski definition) is 0. The Labute approximate surface area is 193 Å². The molecule has 2 aliphatic carbocycles. The first-order valence-corrected chi connectivity index (χ1v) is 12.1. The largest absolute Gasteiger partial charge is 0.0808 e. The van der Waals surface area contributed by atoms with Gasteiger partial charge < -0.3 is 0 Å². The molecule has 1 fully saturated rings. The van der Waals surface area contributed by atoms with Gasteiger partial charge in [0.25, 0.3) is 0 Å². The number of rotatable bonds is 4. The van der Waals surface area contributed by atoms with Gasteiger partial charge in [0, 0.05) is 5.41 Å². The molecule has 0 saturated heterocycles. The zero-order chi connectivity index (χ0) is 22.3. The van der Waals surface area contributed by atoms with Crippen molar-refractivity contribution >= 4 is 0 Å². The lowest BCUT2D eigenvalue weighted by molar-refractivity contribution is 0.257. The molecule has 0 N–H and O–H groups in total. The van der Waals surface area contributed by atoms with E-state index in [1.54, 1.807) is 0 Å². The highest BCUT2D eigenvalue weighted by atomic mass is 14.6. The Bertz CT molecular complexity index is 1070. The second-order valence-corrected chi connectivity index (χ2v) is 10.2. The zero-order valence-electron chi connectivity index (χ0n) is 19.8. The first kappa shape index (κ1) is 21.0. The van der Waals surface area contributed by atoms with Crippen molar-refractivity contribution in [1.29, 1.82) is 0 Å². The van der Waals surface area contributed by atoms with E-state index in [4.69, 9.17) is 0 Å². The van der Waals surface area contributed by atoms with Crippen molar-refractivity contribution in [2.24, 2.45) is 23.7 Å². The van der Waals surface area contributed by atoms with E-state index in [2.05, 4.69) is 125 Å². The van der Waals surface area contributed by atoms with Crippen LogP contribution in [0.3, 0.4) is 0 Å². The van der Waals surface area contributed by atoms with E-state index in [1.165, 1.54) is 39.8 Å². The first-order valence-electron chi connectivity index (χ1n) is 12.1. The molecule has 0 spiro atoms. The Hall–Kier alpha value is -2.86. The minimum absolute atomic E-state index is 0.196. The second kappa shape index (κ2) is 8.24. The van der Waals surface area contributed by atoms with E-state index in [9.17, 15) is 0 Å². The van der Waals surface area contributed by atoms with Crippen LogP contribution in [0.4, 0.5) is 0 Å². The Morgan fingerprint density at radius 3 is 1.59 bits per heavy atom. The molecule has 0 bridgehead atoms. The maximum Gasteiger partial charge on any atom is 0.0488 e. The highest BCUT2D eigenvalue weighted by molar-refractivity contribution is 5.54. The maximum atomic E-state index is 2.50. The molecule has 0 nitrogen and oxygen atoms in total. The molecular formula is C32H34. The molecule has 0 heterocycles. The minimum atomic E-state index is -0.196. The summed E-state index contributed by atoms with van der Waals surface area (Å²) in [7, 11) is 0. The van der Waals surface area contributed by atoms with Crippen molar-refractivity contribution in [3.63, 3.8) is 0 Å². The molecule has 0 amide bonds. The summed E-state index contributed by atoms with van der Waals surface area (Å²) in [6.07, 6.45) is 10.7. The lowest BCUT2D eigenvalue weighted by atomic mass is 9.56. The molecule has 0 aliphatic heterocycles. The first-order chi connectivity index (χ1) is 15.5. The van der Waals surface area contributed by atoms with Crippen LogP contribution in [0.15, 0.2) is 97.1 Å². The third kappa shape index (κ3) is 3.37. The highest BCUT2D eigenvalue weighted by Crippen LogP contribution is 2.58. The van der Waals surface area contributed by atoms with Gasteiger partial charge >= 0.3 is 0 Å². The van der Waals surface area contributed by atoms with Crippen LogP contribution < -0.4 is 0 Å². The van der Waals surface area contributed by atoms with Crippen molar-refractivity contribution in [1.82, 2.24) is 0 Å². The third-order valence-electron chi connectivity index (χ3n) is 7.89. The van der Waals surface area contributed by atoms with Crippen LogP contribution in [0.5, 0.6) is 0 Å². The number of fused-ring (bicyclic) bond motifs is 1. The summed E-state index contributed by atoms with van der Waals surface area (Å²) in [6, 6.07) is 27.9. The molecule has 4 atom stereocenters. The molecule has 3 aromatic rings. The monoisotopic (exact) mass is 418 g/mol. The van der Waals surface area contributed by atoms with Crippen molar-refractivity contribution in [3.05, 3.63) is 130 Å². The molecule has 5 rings (SSSR count). The number of aryl methyl sites for hydroxylation is 3. The van der Waals surface area contributed by atoms with Gasteiger partial charge in [0.15, 0.2) is 0 Å². The highest BCUT2D eigenvalue weighted by Gasteiger charge is 2.53. The fraction of sp³-hybridized carbons (Fsp3) is 0.312. The number of benzene rings is 3. The third-order valence-corrected chi connectivity index (χ3v) is 7.89. The van der Waals surface area contributed by atoms with Gasteiger partial charge in [-0.05, 0) is 67.6 Å². The SMILES string of the molecule is Cc1cccc(C(c2cccc(C)c2)(c2cccc(C)c2)C2C(C)CC3C=CC=CC32)c1. The van der Waals surface area contributed by atoms with E-state index in [-0.39, 0.29) is 5.41 Å². The molecule has 162 valence electrons. The Balaban J connectivity index is 1.89. The minimum Gasteiger partial charge on any atom is -0.0808 e. The van der Waals surface area contributed by atoms with Crippen molar-refractivity contribution < 1.29 is 0 Å². The number of hydrogen-bond acceptors (Lipinski definition) is 0. The standard InChI is InChI=1S/C32H34/c1-22-10-7-14-27(18-22)32(28-15-8-11-23(2)19-28,29-16-9-12-24(3)20-29)31-25(4)21-26-13-5-6-17-30(26)31/h5-20,25-26,30-31H,21H2,1-4H3. The van der Waals surface area contributed by atoms with Crippen molar-refractivity contribution in [2.75, 3.05) is 0 Å². The summed E-state index contributed by atoms with van der Waals surface area (Å²) in [5.74, 6) is 2.26. The molecular weight excluding hydrogens is 384 g/mol. The van der Waals surface area contributed by atoms with Crippen LogP contribution in [0.25, 0.3) is 0 Å². The maximum absolute atomic E-state index is 2.50. The molecule has 0 radical (unpaired) electrons. The molecule has 1 saturated carbocycles. The average Bonchev–Trinajstić information content (AvgIpc) is 3.11. The second-order valence-electron chi connectivity index (χ2n) is 10.2. The summed E-state index contributed by atoms with van der Waals surface area (Å²) in [5, 5.41) is 0. The molecule has 0 heteroatoms. The smallest absolute Gasteiger partial charge is 0.0488 e. The van der Waals surface area contributed by atoms with Gasteiger partial charge in [-0.15, -0.1) is 0 Å². The summed E-state index contributed by atoms with van der Waals surface area (Å²) < 4.78 is 0. The Morgan fingerprint density at radius 2 is 1.12 bits per heavy atom. The van der Waals surface area contributed by atoms with Crippen LogP contribution in [0.2, 0.25) is 0 Å². The number of allylic oxidation sites excluding steroid dienone is 4. The van der Waals surface area contributed by atoms with Gasteiger partial charge in [0.1, 0.15) is 0 Å². The summed E-state index contributed by atoms with van der Waals surface area (Å²) in [6.45, 7) is 9.17. The summed E-state index contributed by atoms with van der Waals surface area (Å²) >= 11 is 0. The molecule has 32 heavy (non-hydrogen) atoms. The lowest BCUT2D eigenvalue weighted by Crippen LogP contribution is -2.43. The van der Waals surface area contributed by atoms with Crippen molar-refractivity contribution in [3.8, 4) is 0 Å². The molecule has 2 aliphatic rings. The van der Waals surface area contributed by atoms with Gasteiger partial charge in [0.2, 0.25) is 0 Å². The Morgan fingerprint density at radius 1 is 0.656 bits per heavy atom. The quantitative estimate of drug-likeness (QED) is 0.377. The normalized spacial score (nSPS) is 24.5. The van der Waals surface area contributed by atoms with E-state index < -0.39 is 0 Å². The van der Waals surface area contributed by atoms with Crippen molar-refractivity contribution in [2.45, 2.75) is 39.5 Å². The predicted octanol–water partition coefficient (Wildman–Crippen LogP) is 7.96. The fourth-order valence-electron chi connectivity index (χ4n) is 6.71. The molecule has 4 unspecified atom stereocenters. The van der Waals surface area contributed by atoms with Crippen LogP contribution in [-0.4, -0.2) is 0 Å². The summed E-state index contributed by atoms with van der Waals surface area (Å²) in [5.41, 5.74) is 8.06. The van der Waals surface area contributed by atoms with Gasteiger partial charge in [-0.2, -0.15) is 0 Å². The zero-order valence-corrected chi connectivity index (χ0v) is 19.8. The van der Waals surface area contributed by atoms with Gasteiger partial charge in [-0.1, -0.05) is 121 Å². The van der Waals surface area contributed by atoms with Gasteiger partial charge in [0.05, 0.1) is 0 Å². The van der Waals surface area contributed by atoms with E-state index in [1.807, 2.05) is 0 Å². The van der Waals surface area contributed by atoms with Crippen LogP contribution in [0, 0.1) is 44.4 Å². The predicted molar refractivity (Wildman–Crippen MR) is 136 cm³/mol. The Kier molecular flexibility index (Phi) is 5.41.